The van der Waals surface area contributed by atoms with Gasteiger partial charge < -0.3 is 65.1 Å². The fraction of sp³-hybridized carbons (Fsp3) is 0.812. The Morgan fingerprint density at radius 1 is 0.581 bits per heavy atom. The molecule has 2 heterocycles. The summed E-state index contributed by atoms with van der Waals surface area (Å²) in [5.41, 5.74) is 0. The molecule has 2 saturated heterocycles. The molecule has 0 bridgehead atoms. The van der Waals surface area contributed by atoms with Gasteiger partial charge >= 0.3 is 0 Å². The average Bonchev–Trinajstić information content (AvgIpc) is 3.27. The van der Waals surface area contributed by atoms with Crippen molar-refractivity contribution >= 4 is 5.91 Å². The topological polar surface area (TPSA) is 228 Å². The van der Waals surface area contributed by atoms with Gasteiger partial charge in [-0.1, -0.05) is 146 Å². The van der Waals surface area contributed by atoms with Gasteiger partial charge in [0.2, 0.25) is 5.91 Å². The predicted octanol–water partition coefficient (Wildman–Crippen LogP) is 5.32. The fourth-order valence-corrected chi connectivity index (χ4v) is 7.54. The fourth-order valence-electron chi connectivity index (χ4n) is 7.54. The molecule has 0 aromatic carbocycles. The first-order valence-corrected chi connectivity index (χ1v) is 23.9. The van der Waals surface area contributed by atoms with Crippen molar-refractivity contribution in [3.05, 3.63) is 48.6 Å². The van der Waals surface area contributed by atoms with Gasteiger partial charge in [-0.2, -0.15) is 0 Å². The van der Waals surface area contributed by atoms with Gasteiger partial charge in [0.25, 0.3) is 0 Å². The Bertz CT molecular complexity index is 1230. The van der Waals surface area contributed by atoms with Gasteiger partial charge in [-0.05, 0) is 51.4 Å². The number of amides is 1. The summed E-state index contributed by atoms with van der Waals surface area (Å²) < 4.78 is 22.4. The molecule has 62 heavy (non-hydrogen) atoms. The number of unbranched alkanes of at least 4 members (excludes halogenated alkanes) is 16. The quantitative estimate of drug-likeness (QED) is 0.0291. The van der Waals surface area contributed by atoms with Crippen LogP contribution >= 0.6 is 0 Å². The molecule has 1 amide bonds. The third-order valence-corrected chi connectivity index (χ3v) is 11.5. The monoisotopic (exact) mass is 884 g/mol. The van der Waals surface area contributed by atoms with Crippen LogP contribution in [0.15, 0.2) is 48.6 Å². The van der Waals surface area contributed by atoms with Crippen molar-refractivity contribution in [3.63, 3.8) is 0 Å². The van der Waals surface area contributed by atoms with Crippen LogP contribution in [-0.4, -0.2) is 140 Å². The van der Waals surface area contributed by atoms with Crippen LogP contribution in [0.5, 0.6) is 0 Å². The van der Waals surface area contributed by atoms with Crippen molar-refractivity contribution in [2.45, 2.75) is 229 Å². The lowest BCUT2D eigenvalue weighted by atomic mass is 9.97. The minimum Gasteiger partial charge on any atom is -0.394 e. The molecular formula is C48H85NO13. The SMILES string of the molecule is CCC/C=C/C(O)C(COC1OC(CO)C(OC2OC(CO)C(O)C(O)C2O)C(O)C1O)NC(=O)CCCCCCCCCCCC/C=C\C/C=C\C/C=C\CCCCCCC. The first-order chi connectivity index (χ1) is 30.1. The van der Waals surface area contributed by atoms with Gasteiger partial charge in [-0.15, -0.1) is 0 Å². The summed E-state index contributed by atoms with van der Waals surface area (Å²) in [6.45, 7) is 2.52. The third-order valence-electron chi connectivity index (χ3n) is 11.5. The molecule has 2 aliphatic rings. The summed E-state index contributed by atoms with van der Waals surface area (Å²) in [6, 6.07) is -0.913. The molecule has 2 rings (SSSR count). The van der Waals surface area contributed by atoms with Crippen molar-refractivity contribution in [2.75, 3.05) is 19.8 Å². The van der Waals surface area contributed by atoms with E-state index in [0.717, 1.165) is 51.4 Å². The maximum atomic E-state index is 13.0. The van der Waals surface area contributed by atoms with E-state index < -0.39 is 86.8 Å². The molecule has 0 spiro atoms. The molecule has 0 aromatic heterocycles. The molecule has 2 fully saturated rings. The third kappa shape index (κ3) is 22.7. The first-order valence-electron chi connectivity index (χ1n) is 23.9. The number of aliphatic hydroxyl groups is 8. The normalized spacial score (nSPS) is 28.2. The van der Waals surface area contributed by atoms with E-state index in [1.54, 1.807) is 12.2 Å². The second kappa shape index (κ2) is 35.2. The Balaban J connectivity index is 1.64. The lowest BCUT2D eigenvalue weighted by Gasteiger charge is -2.46. The van der Waals surface area contributed by atoms with E-state index in [-0.39, 0.29) is 18.9 Å². The lowest BCUT2D eigenvalue weighted by molar-refractivity contribution is -0.359. The Labute approximate surface area is 372 Å². The van der Waals surface area contributed by atoms with Crippen LogP contribution in [0.25, 0.3) is 0 Å². The highest BCUT2D eigenvalue weighted by atomic mass is 16.7. The average molecular weight is 884 g/mol. The summed E-state index contributed by atoms with van der Waals surface area (Å²) >= 11 is 0. The Hall–Kier alpha value is -2.05. The van der Waals surface area contributed by atoms with Crippen LogP contribution in [0.2, 0.25) is 0 Å². The Morgan fingerprint density at radius 3 is 1.66 bits per heavy atom. The largest absolute Gasteiger partial charge is 0.394 e. The standard InChI is InChI=1S/C48H85NO13/c1-3-5-7-8-9-10-11-12-13-14-15-16-17-18-19-20-21-22-23-24-25-26-27-28-30-32-40(53)49-36(37(52)31-29-6-4-2)35-59-47-45(58)43(56)46(39(34-51)61-47)62-48-44(57)42(55)41(54)38(33-50)60-48/h11-12,14-15,17-18,29,31,36-39,41-48,50-52,54-58H,3-10,13,16,19-28,30,32-35H2,1-2H3,(H,49,53)/b12-11-,15-14-,18-17-,31-29+. The van der Waals surface area contributed by atoms with Crippen LogP contribution in [0.3, 0.4) is 0 Å². The second-order valence-electron chi connectivity index (χ2n) is 16.9. The summed E-state index contributed by atoms with van der Waals surface area (Å²) in [6.07, 6.45) is 24.2. The minimum absolute atomic E-state index is 0.259. The highest BCUT2D eigenvalue weighted by molar-refractivity contribution is 5.76. The van der Waals surface area contributed by atoms with Gasteiger partial charge in [0.1, 0.15) is 48.8 Å². The molecule has 12 atom stereocenters. The molecule has 14 nitrogen and oxygen atoms in total. The molecule has 12 unspecified atom stereocenters. The van der Waals surface area contributed by atoms with Gasteiger partial charge in [0.15, 0.2) is 12.6 Å². The summed E-state index contributed by atoms with van der Waals surface area (Å²) in [5, 5.41) is 85.7. The molecule has 2 aliphatic heterocycles. The summed E-state index contributed by atoms with van der Waals surface area (Å²) in [7, 11) is 0. The van der Waals surface area contributed by atoms with E-state index in [0.29, 0.717) is 6.42 Å². The maximum absolute atomic E-state index is 13.0. The molecule has 360 valence electrons. The van der Waals surface area contributed by atoms with Gasteiger partial charge in [-0.25, -0.2) is 0 Å². The number of rotatable bonds is 35. The first kappa shape index (κ1) is 56.1. The van der Waals surface area contributed by atoms with Crippen molar-refractivity contribution in [1.82, 2.24) is 5.32 Å². The maximum Gasteiger partial charge on any atom is 0.220 e. The highest BCUT2D eigenvalue weighted by Gasteiger charge is 2.50. The summed E-state index contributed by atoms with van der Waals surface area (Å²) in [5.74, 6) is -0.259. The zero-order chi connectivity index (χ0) is 45.4. The Kier molecular flexibility index (Phi) is 31.9. The number of carbonyl (C=O) groups is 1. The molecule has 9 N–H and O–H groups in total. The van der Waals surface area contributed by atoms with Crippen LogP contribution in [0, 0.1) is 0 Å². The van der Waals surface area contributed by atoms with E-state index in [1.165, 1.54) is 77.0 Å². The van der Waals surface area contributed by atoms with E-state index in [2.05, 4.69) is 48.7 Å². The van der Waals surface area contributed by atoms with Gasteiger partial charge in [-0.3, -0.25) is 4.79 Å². The van der Waals surface area contributed by atoms with Crippen LogP contribution < -0.4 is 5.32 Å². The van der Waals surface area contributed by atoms with Crippen LogP contribution in [0.1, 0.15) is 155 Å². The van der Waals surface area contributed by atoms with E-state index in [1.807, 2.05) is 6.92 Å². The van der Waals surface area contributed by atoms with Crippen molar-refractivity contribution in [1.29, 1.82) is 0 Å². The second-order valence-corrected chi connectivity index (χ2v) is 16.9. The molecule has 0 aromatic rings. The Morgan fingerprint density at radius 2 is 1.10 bits per heavy atom. The number of ether oxygens (including phenoxy) is 4. The zero-order valence-corrected chi connectivity index (χ0v) is 37.8. The molecule has 0 radical (unpaired) electrons. The van der Waals surface area contributed by atoms with Gasteiger partial charge in [0, 0.05) is 6.42 Å². The number of hydrogen-bond donors (Lipinski definition) is 9. The number of carbonyl (C=O) groups excluding carboxylic acids is 1. The van der Waals surface area contributed by atoms with E-state index in [4.69, 9.17) is 18.9 Å². The highest BCUT2D eigenvalue weighted by Crippen LogP contribution is 2.30. The lowest BCUT2D eigenvalue weighted by Crippen LogP contribution is -2.65. The number of allylic oxidation sites excluding steroid dienone is 7. The van der Waals surface area contributed by atoms with Crippen LogP contribution in [-0.2, 0) is 23.7 Å². The minimum atomic E-state index is -1.79. The van der Waals surface area contributed by atoms with Crippen molar-refractivity contribution in [2.24, 2.45) is 0 Å². The smallest absolute Gasteiger partial charge is 0.220 e. The van der Waals surface area contributed by atoms with Crippen molar-refractivity contribution < 1.29 is 64.6 Å². The number of aliphatic hydroxyl groups excluding tert-OH is 8. The molecule has 14 heteroatoms. The number of nitrogens with one attached hydrogen (secondary N) is 1. The predicted molar refractivity (Wildman–Crippen MR) is 240 cm³/mol. The van der Waals surface area contributed by atoms with E-state index in [9.17, 15) is 45.6 Å². The van der Waals surface area contributed by atoms with Gasteiger partial charge in [0.05, 0.1) is 32.0 Å². The molecule has 0 aliphatic carbocycles. The van der Waals surface area contributed by atoms with E-state index >= 15 is 0 Å². The van der Waals surface area contributed by atoms with Crippen molar-refractivity contribution in [3.8, 4) is 0 Å². The van der Waals surface area contributed by atoms with Crippen LogP contribution in [0.4, 0.5) is 0 Å². The summed E-state index contributed by atoms with van der Waals surface area (Å²) in [4.78, 5) is 13.0. The molecule has 0 saturated carbocycles. The molecular weight excluding hydrogens is 799 g/mol. The zero-order valence-electron chi connectivity index (χ0n) is 37.8. The number of hydrogen-bond acceptors (Lipinski definition) is 13.